The summed E-state index contributed by atoms with van der Waals surface area (Å²) in [4.78, 5) is 30.9. The Kier molecular flexibility index (Phi) is 10.7. The summed E-state index contributed by atoms with van der Waals surface area (Å²) < 4.78 is 11.6. The van der Waals surface area contributed by atoms with Crippen molar-refractivity contribution in [3.05, 3.63) is 113 Å². The summed E-state index contributed by atoms with van der Waals surface area (Å²) in [7, 11) is 0. The van der Waals surface area contributed by atoms with E-state index in [0.717, 1.165) is 49.0 Å². The minimum Gasteiger partial charge on any atom is -0.478 e. The van der Waals surface area contributed by atoms with Crippen molar-refractivity contribution in [3.63, 3.8) is 0 Å². The standard InChI is InChI=1S/C38H42ClN3O5/c1-5-41(37(45)47-38(2,3)4)25-27-11-15-32(16-12-27)46-35-24-31(14-18-34(35)36(43)44)42-21-19-40(20-22-42)26-29-23-30(39)13-17-33(29)28-9-7-6-8-10-28/h6-18,23-24H,5,19-22,25-26H2,1-4H3,(H,43,44). The molecule has 4 aromatic carbocycles. The summed E-state index contributed by atoms with van der Waals surface area (Å²) in [6.45, 7) is 12.4. The van der Waals surface area contributed by atoms with Gasteiger partial charge in [0.2, 0.25) is 0 Å². The number of rotatable bonds is 10. The van der Waals surface area contributed by atoms with Gasteiger partial charge in [-0.15, -0.1) is 0 Å². The van der Waals surface area contributed by atoms with Crippen molar-refractivity contribution in [2.24, 2.45) is 0 Å². The Morgan fingerprint density at radius 3 is 2.23 bits per heavy atom. The van der Waals surface area contributed by atoms with E-state index in [1.807, 2.05) is 70.2 Å². The van der Waals surface area contributed by atoms with Crippen LogP contribution < -0.4 is 9.64 Å². The maximum Gasteiger partial charge on any atom is 0.410 e. The van der Waals surface area contributed by atoms with E-state index >= 15 is 0 Å². The number of anilines is 1. The Hall–Kier alpha value is -4.53. The van der Waals surface area contributed by atoms with Gasteiger partial charge in [0.1, 0.15) is 22.7 Å². The van der Waals surface area contributed by atoms with E-state index in [1.54, 1.807) is 29.2 Å². The molecular weight excluding hydrogens is 614 g/mol. The smallest absolute Gasteiger partial charge is 0.410 e. The predicted molar refractivity (Wildman–Crippen MR) is 187 cm³/mol. The molecule has 0 saturated carbocycles. The van der Waals surface area contributed by atoms with Crippen molar-refractivity contribution in [1.29, 1.82) is 0 Å². The fraction of sp³-hybridized carbons (Fsp3) is 0.316. The lowest BCUT2D eigenvalue weighted by Crippen LogP contribution is -2.46. The van der Waals surface area contributed by atoms with Crippen molar-refractivity contribution in [2.45, 2.75) is 46.4 Å². The Labute approximate surface area is 282 Å². The van der Waals surface area contributed by atoms with E-state index in [1.165, 1.54) is 16.7 Å². The van der Waals surface area contributed by atoms with E-state index in [-0.39, 0.29) is 17.4 Å². The highest BCUT2D eigenvalue weighted by Crippen LogP contribution is 2.32. The highest BCUT2D eigenvalue weighted by Gasteiger charge is 2.23. The van der Waals surface area contributed by atoms with Crippen LogP contribution in [-0.2, 0) is 17.8 Å². The van der Waals surface area contributed by atoms with Gasteiger partial charge < -0.3 is 24.4 Å². The summed E-state index contributed by atoms with van der Waals surface area (Å²) >= 11 is 6.40. The molecule has 1 heterocycles. The lowest BCUT2D eigenvalue weighted by molar-refractivity contribution is 0.0244. The van der Waals surface area contributed by atoms with E-state index in [0.29, 0.717) is 18.8 Å². The van der Waals surface area contributed by atoms with E-state index in [4.69, 9.17) is 21.1 Å². The van der Waals surface area contributed by atoms with Gasteiger partial charge in [0.25, 0.3) is 0 Å². The number of carboxylic acid groups (broad SMARTS) is 1. The number of piperazine rings is 1. The van der Waals surface area contributed by atoms with Crippen LogP contribution in [-0.4, -0.2) is 65.3 Å². The van der Waals surface area contributed by atoms with Crippen LogP contribution in [0.1, 0.15) is 49.2 Å². The monoisotopic (exact) mass is 655 g/mol. The average Bonchev–Trinajstić information content (AvgIpc) is 3.04. The van der Waals surface area contributed by atoms with Crippen molar-refractivity contribution in [1.82, 2.24) is 9.80 Å². The maximum atomic E-state index is 12.6. The minimum absolute atomic E-state index is 0.0907. The van der Waals surface area contributed by atoms with Gasteiger partial charge in [0, 0.05) is 62.6 Å². The summed E-state index contributed by atoms with van der Waals surface area (Å²) in [5.74, 6) is -0.269. The first-order chi connectivity index (χ1) is 22.5. The average molecular weight is 656 g/mol. The number of nitrogens with zero attached hydrogens (tertiary/aromatic N) is 3. The normalized spacial score (nSPS) is 13.7. The summed E-state index contributed by atoms with van der Waals surface area (Å²) in [5.41, 5.74) is 4.87. The zero-order valence-electron chi connectivity index (χ0n) is 27.4. The zero-order valence-corrected chi connectivity index (χ0v) is 28.2. The molecule has 1 amide bonds. The zero-order chi connectivity index (χ0) is 33.6. The SMILES string of the molecule is CCN(Cc1ccc(Oc2cc(N3CCN(Cc4cc(Cl)ccc4-c4ccccc4)CC3)ccc2C(=O)O)cc1)C(=O)OC(C)(C)C. The molecule has 47 heavy (non-hydrogen) atoms. The third-order valence-corrected chi connectivity index (χ3v) is 8.27. The summed E-state index contributed by atoms with van der Waals surface area (Å²) in [5, 5.41) is 10.6. The third kappa shape index (κ3) is 9.05. The van der Waals surface area contributed by atoms with Crippen LogP contribution in [0.4, 0.5) is 10.5 Å². The first-order valence-electron chi connectivity index (χ1n) is 15.9. The van der Waals surface area contributed by atoms with Crippen molar-refractivity contribution in [2.75, 3.05) is 37.6 Å². The summed E-state index contributed by atoms with van der Waals surface area (Å²) in [6.07, 6.45) is -0.370. The fourth-order valence-electron chi connectivity index (χ4n) is 5.61. The molecule has 246 valence electrons. The van der Waals surface area contributed by atoms with Gasteiger partial charge in [0.05, 0.1) is 0 Å². The van der Waals surface area contributed by atoms with E-state index in [2.05, 4.69) is 34.1 Å². The fourth-order valence-corrected chi connectivity index (χ4v) is 5.80. The number of carboxylic acids is 1. The predicted octanol–water partition coefficient (Wildman–Crippen LogP) is 8.58. The van der Waals surface area contributed by atoms with Crippen LogP contribution in [0.25, 0.3) is 11.1 Å². The number of carbonyl (C=O) groups excluding carboxylic acids is 1. The molecule has 0 radical (unpaired) electrons. The third-order valence-electron chi connectivity index (χ3n) is 8.04. The molecule has 1 saturated heterocycles. The second-order valence-electron chi connectivity index (χ2n) is 12.7. The quantitative estimate of drug-likeness (QED) is 0.183. The Morgan fingerprint density at radius 2 is 1.60 bits per heavy atom. The molecule has 9 heteroatoms. The highest BCUT2D eigenvalue weighted by atomic mass is 35.5. The molecule has 1 N–H and O–H groups in total. The Morgan fingerprint density at radius 1 is 0.894 bits per heavy atom. The number of hydrogen-bond acceptors (Lipinski definition) is 6. The Bertz CT molecular complexity index is 1680. The van der Waals surface area contributed by atoms with E-state index in [9.17, 15) is 14.7 Å². The first kappa shape index (κ1) is 33.8. The van der Waals surface area contributed by atoms with Gasteiger partial charge in [-0.3, -0.25) is 4.90 Å². The van der Waals surface area contributed by atoms with Gasteiger partial charge in [-0.1, -0.05) is 60.1 Å². The second kappa shape index (κ2) is 14.9. The molecule has 0 aliphatic carbocycles. The van der Waals surface area contributed by atoms with E-state index < -0.39 is 11.6 Å². The molecular formula is C38H42ClN3O5. The van der Waals surface area contributed by atoms with Crippen molar-refractivity contribution < 1.29 is 24.2 Å². The molecule has 0 aromatic heterocycles. The van der Waals surface area contributed by atoms with Crippen LogP contribution in [0.2, 0.25) is 5.02 Å². The van der Waals surface area contributed by atoms with Crippen LogP contribution in [0.15, 0.2) is 91.0 Å². The van der Waals surface area contributed by atoms with Crippen LogP contribution in [0, 0.1) is 0 Å². The molecule has 8 nitrogen and oxygen atoms in total. The second-order valence-corrected chi connectivity index (χ2v) is 13.1. The number of amides is 1. The molecule has 1 fully saturated rings. The van der Waals surface area contributed by atoms with Gasteiger partial charge in [0.15, 0.2) is 0 Å². The van der Waals surface area contributed by atoms with Crippen LogP contribution in [0.3, 0.4) is 0 Å². The first-order valence-corrected chi connectivity index (χ1v) is 16.3. The van der Waals surface area contributed by atoms with Crippen molar-refractivity contribution >= 4 is 29.4 Å². The highest BCUT2D eigenvalue weighted by molar-refractivity contribution is 6.30. The van der Waals surface area contributed by atoms with Crippen molar-refractivity contribution in [3.8, 4) is 22.6 Å². The molecule has 4 aromatic rings. The molecule has 1 aliphatic rings. The van der Waals surface area contributed by atoms with Gasteiger partial charge in [-0.2, -0.15) is 0 Å². The van der Waals surface area contributed by atoms with Crippen LogP contribution in [0.5, 0.6) is 11.5 Å². The number of aromatic carboxylic acids is 1. The van der Waals surface area contributed by atoms with Gasteiger partial charge >= 0.3 is 12.1 Å². The topological polar surface area (TPSA) is 82.5 Å². The summed E-state index contributed by atoms with van der Waals surface area (Å²) in [6, 6.07) is 29.0. The molecule has 1 aliphatic heterocycles. The van der Waals surface area contributed by atoms with Crippen LogP contribution >= 0.6 is 11.6 Å². The number of hydrogen-bond donors (Lipinski definition) is 1. The number of carbonyl (C=O) groups is 2. The van der Waals surface area contributed by atoms with Gasteiger partial charge in [-0.25, -0.2) is 9.59 Å². The maximum absolute atomic E-state index is 12.6. The largest absolute Gasteiger partial charge is 0.478 e. The number of benzene rings is 4. The molecule has 0 unspecified atom stereocenters. The molecule has 0 spiro atoms. The molecule has 0 bridgehead atoms. The number of ether oxygens (including phenoxy) is 2. The van der Waals surface area contributed by atoms with Gasteiger partial charge in [-0.05, 0) is 86.3 Å². The minimum atomic E-state index is -1.06. The Balaban J connectivity index is 1.24. The molecule has 0 atom stereocenters. The molecule has 5 rings (SSSR count). The lowest BCUT2D eigenvalue weighted by atomic mass is 9.99. The number of halogens is 1. The lowest BCUT2D eigenvalue weighted by Gasteiger charge is -2.36.